The summed E-state index contributed by atoms with van der Waals surface area (Å²) in [5, 5.41) is 13.2. The van der Waals surface area contributed by atoms with E-state index in [0.29, 0.717) is 24.9 Å². The van der Waals surface area contributed by atoms with Gasteiger partial charge >= 0.3 is 0 Å². The van der Waals surface area contributed by atoms with E-state index in [4.69, 9.17) is 0 Å². The Morgan fingerprint density at radius 3 is 2.45 bits per heavy atom. The molecule has 0 aromatic heterocycles. The van der Waals surface area contributed by atoms with Crippen molar-refractivity contribution in [2.75, 3.05) is 6.54 Å². The van der Waals surface area contributed by atoms with Gasteiger partial charge in [-0.15, -0.1) is 0 Å². The summed E-state index contributed by atoms with van der Waals surface area (Å²) in [4.78, 5) is 12.6. The first kappa shape index (κ1) is 16.9. The number of aliphatic hydroxyl groups excluding tert-OH is 1. The second kappa shape index (κ2) is 5.99. The largest absolute Gasteiger partial charge is 0.392 e. The van der Waals surface area contributed by atoms with E-state index in [1.807, 2.05) is 27.7 Å². The highest BCUT2D eigenvalue weighted by Gasteiger charge is 2.52. The number of hydrogen-bond donors (Lipinski definition) is 2. The van der Waals surface area contributed by atoms with Gasteiger partial charge in [0, 0.05) is 17.5 Å². The molecule has 1 fully saturated rings. The number of benzene rings is 1. The standard InChI is InChI=1S/C18H26FNO2/c1-12(2)15(21)17(3,4)11-20-16(22)18(9-10-18)13-7-5-6-8-14(13)19/h5-8,12,15,21H,9-11H2,1-4H3,(H,20,22). The molecule has 2 N–H and O–H groups in total. The average molecular weight is 307 g/mol. The van der Waals surface area contributed by atoms with Crippen LogP contribution in [0.15, 0.2) is 24.3 Å². The van der Waals surface area contributed by atoms with Gasteiger partial charge in [-0.25, -0.2) is 4.39 Å². The molecular weight excluding hydrogens is 281 g/mol. The third kappa shape index (κ3) is 3.17. The van der Waals surface area contributed by atoms with Crippen molar-refractivity contribution >= 4 is 5.91 Å². The molecule has 0 aliphatic heterocycles. The van der Waals surface area contributed by atoms with Gasteiger partial charge in [0.1, 0.15) is 5.82 Å². The molecule has 0 saturated heterocycles. The second-order valence-electron chi connectivity index (χ2n) is 7.42. The van der Waals surface area contributed by atoms with Crippen molar-refractivity contribution < 1.29 is 14.3 Å². The highest BCUT2D eigenvalue weighted by molar-refractivity contribution is 5.91. The first-order valence-electron chi connectivity index (χ1n) is 7.92. The Labute approximate surface area is 131 Å². The fraction of sp³-hybridized carbons (Fsp3) is 0.611. The minimum atomic E-state index is -0.718. The zero-order valence-corrected chi connectivity index (χ0v) is 13.8. The van der Waals surface area contributed by atoms with Crippen LogP contribution in [0.3, 0.4) is 0 Å². The third-order valence-corrected chi connectivity index (χ3v) is 4.71. The van der Waals surface area contributed by atoms with Crippen molar-refractivity contribution in [3.63, 3.8) is 0 Å². The van der Waals surface area contributed by atoms with E-state index in [9.17, 15) is 14.3 Å². The number of aliphatic hydroxyl groups is 1. The molecule has 4 heteroatoms. The Morgan fingerprint density at radius 1 is 1.36 bits per heavy atom. The summed E-state index contributed by atoms with van der Waals surface area (Å²) < 4.78 is 14.0. The van der Waals surface area contributed by atoms with E-state index in [0.717, 1.165) is 0 Å². The van der Waals surface area contributed by atoms with Gasteiger partial charge in [0.25, 0.3) is 0 Å². The van der Waals surface area contributed by atoms with Crippen LogP contribution in [0.4, 0.5) is 4.39 Å². The van der Waals surface area contributed by atoms with E-state index < -0.39 is 16.9 Å². The van der Waals surface area contributed by atoms with Crippen molar-refractivity contribution in [1.82, 2.24) is 5.32 Å². The zero-order chi connectivity index (χ0) is 16.5. The van der Waals surface area contributed by atoms with Crippen LogP contribution in [-0.4, -0.2) is 23.7 Å². The average Bonchev–Trinajstić information content (AvgIpc) is 3.26. The lowest BCUT2D eigenvalue weighted by Crippen LogP contribution is -2.46. The first-order valence-corrected chi connectivity index (χ1v) is 7.92. The molecule has 0 bridgehead atoms. The molecule has 0 spiro atoms. The van der Waals surface area contributed by atoms with Crippen LogP contribution in [-0.2, 0) is 10.2 Å². The molecule has 1 atom stereocenters. The van der Waals surface area contributed by atoms with Gasteiger partial charge in [0.2, 0.25) is 5.91 Å². The molecule has 122 valence electrons. The maximum atomic E-state index is 14.0. The predicted octanol–water partition coefficient (Wildman–Crippen LogP) is 3.02. The molecule has 1 aromatic rings. The van der Waals surface area contributed by atoms with E-state index in [1.165, 1.54) is 6.07 Å². The number of amides is 1. The van der Waals surface area contributed by atoms with E-state index in [1.54, 1.807) is 18.2 Å². The number of rotatable bonds is 6. The first-order chi connectivity index (χ1) is 10.2. The number of halogens is 1. The molecule has 1 amide bonds. The Hall–Kier alpha value is -1.42. The maximum absolute atomic E-state index is 14.0. The molecule has 0 heterocycles. The van der Waals surface area contributed by atoms with Gasteiger partial charge in [-0.1, -0.05) is 45.9 Å². The predicted molar refractivity (Wildman–Crippen MR) is 84.9 cm³/mol. The molecule has 1 aliphatic carbocycles. The number of carbonyl (C=O) groups is 1. The summed E-state index contributed by atoms with van der Waals surface area (Å²) in [6.07, 6.45) is 0.844. The van der Waals surface area contributed by atoms with Crippen LogP contribution in [0.25, 0.3) is 0 Å². The van der Waals surface area contributed by atoms with E-state index in [-0.39, 0.29) is 17.6 Å². The molecule has 0 radical (unpaired) electrons. The number of carbonyl (C=O) groups excluding carboxylic acids is 1. The summed E-state index contributed by atoms with van der Waals surface area (Å²) in [7, 11) is 0. The normalized spacial score (nSPS) is 18.1. The monoisotopic (exact) mass is 307 g/mol. The van der Waals surface area contributed by atoms with Crippen LogP contribution in [0.1, 0.15) is 46.1 Å². The maximum Gasteiger partial charge on any atom is 0.230 e. The lowest BCUT2D eigenvalue weighted by molar-refractivity contribution is -0.124. The minimum absolute atomic E-state index is 0.119. The molecule has 1 saturated carbocycles. The Morgan fingerprint density at radius 2 is 1.95 bits per heavy atom. The number of nitrogens with one attached hydrogen (secondary N) is 1. The second-order valence-corrected chi connectivity index (χ2v) is 7.42. The number of hydrogen-bond acceptors (Lipinski definition) is 2. The fourth-order valence-electron chi connectivity index (χ4n) is 3.08. The molecule has 1 unspecified atom stereocenters. The lowest BCUT2D eigenvalue weighted by atomic mass is 9.80. The van der Waals surface area contributed by atoms with Gasteiger partial charge in [-0.2, -0.15) is 0 Å². The zero-order valence-electron chi connectivity index (χ0n) is 13.8. The van der Waals surface area contributed by atoms with Crippen molar-refractivity contribution in [1.29, 1.82) is 0 Å². The molecule has 3 nitrogen and oxygen atoms in total. The van der Waals surface area contributed by atoms with Gasteiger partial charge in [-0.05, 0) is 24.8 Å². The SMILES string of the molecule is CC(C)C(O)C(C)(C)CNC(=O)C1(c2ccccc2F)CC1. The summed E-state index contributed by atoms with van der Waals surface area (Å²) >= 11 is 0. The van der Waals surface area contributed by atoms with Crippen LogP contribution in [0.2, 0.25) is 0 Å². The Kier molecular flexibility index (Phi) is 4.62. The Bertz CT molecular complexity index is 550. The fourth-order valence-corrected chi connectivity index (χ4v) is 3.08. The quantitative estimate of drug-likeness (QED) is 0.849. The molecule has 22 heavy (non-hydrogen) atoms. The summed E-state index contributed by atoms with van der Waals surface area (Å²) in [6, 6.07) is 6.48. The van der Waals surface area contributed by atoms with Gasteiger partial charge in [0.15, 0.2) is 0 Å². The highest BCUT2D eigenvalue weighted by atomic mass is 19.1. The van der Waals surface area contributed by atoms with Gasteiger partial charge in [0.05, 0.1) is 11.5 Å². The van der Waals surface area contributed by atoms with Crippen molar-refractivity contribution in [3.05, 3.63) is 35.6 Å². The topological polar surface area (TPSA) is 49.3 Å². The van der Waals surface area contributed by atoms with Gasteiger partial charge < -0.3 is 10.4 Å². The van der Waals surface area contributed by atoms with Crippen LogP contribution < -0.4 is 5.32 Å². The summed E-state index contributed by atoms with van der Waals surface area (Å²) in [5.74, 6) is -0.341. The third-order valence-electron chi connectivity index (χ3n) is 4.71. The lowest BCUT2D eigenvalue weighted by Gasteiger charge is -2.34. The Balaban J connectivity index is 2.06. The molecule has 1 aliphatic rings. The van der Waals surface area contributed by atoms with Crippen LogP contribution >= 0.6 is 0 Å². The summed E-state index contributed by atoms with van der Waals surface area (Å²) in [6.45, 7) is 8.15. The van der Waals surface area contributed by atoms with Crippen molar-refractivity contribution in [2.24, 2.45) is 11.3 Å². The van der Waals surface area contributed by atoms with E-state index in [2.05, 4.69) is 5.32 Å². The highest BCUT2D eigenvalue weighted by Crippen LogP contribution is 2.49. The van der Waals surface area contributed by atoms with Gasteiger partial charge in [-0.3, -0.25) is 4.79 Å². The van der Waals surface area contributed by atoms with Crippen LogP contribution in [0, 0.1) is 17.2 Å². The molecule has 1 aromatic carbocycles. The van der Waals surface area contributed by atoms with Crippen molar-refractivity contribution in [2.45, 2.75) is 52.1 Å². The molecule has 2 rings (SSSR count). The van der Waals surface area contributed by atoms with Crippen LogP contribution in [0.5, 0.6) is 0 Å². The smallest absolute Gasteiger partial charge is 0.230 e. The van der Waals surface area contributed by atoms with Crippen molar-refractivity contribution in [3.8, 4) is 0 Å². The molecular formula is C18H26FNO2. The van der Waals surface area contributed by atoms with E-state index >= 15 is 0 Å². The minimum Gasteiger partial charge on any atom is -0.392 e. The summed E-state index contributed by atoms with van der Waals surface area (Å²) in [5.41, 5.74) is -0.658.